The number of hydrogen-bond donors (Lipinski definition) is 4. The molecule has 25 heavy (non-hydrogen) atoms. The van der Waals surface area contributed by atoms with Crippen molar-refractivity contribution in [3.8, 4) is 11.1 Å². The van der Waals surface area contributed by atoms with Gasteiger partial charge in [0.1, 0.15) is 6.61 Å². The summed E-state index contributed by atoms with van der Waals surface area (Å²) in [6, 6.07) is 15.3. The van der Waals surface area contributed by atoms with E-state index in [1.54, 1.807) is 0 Å². The van der Waals surface area contributed by atoms with E-state index >= 15 is 0 Å². The minimum atomic E-state index is -3.11. The first-order chi connectivity index (χ1) is 11.8. The smallest absolute Gasteiger partial charge is 0.354 e. The Morgan fingerprint density at radius 2 is 1.56 bits per heavy atom. The number of nitrogens with two attached hydrogens (primary N) is 1. The van der Waals surface area contributed by atoms with Crippen LogP contribution in [0.15, 0.2) is 48.5 Å². The van der Waals surface area contributed by atoms with E-state index in [0.29, 0.717) is 0 Å². The van der Waals surface area contributed by atoms with Crippen LogP contribution < -0.4 is 5.73 Å². The summed E-state index contributed by atoms with van der Waals surface area (Å²) in [7, 11) is 0. The van der Waals surface area contributed by atoms with Gasteiger partial charge in [-0.1, -0.05) is 48.5 Å². The van der Waals surface area contributed by atoms with Crippen LogP contribution in [-0.4, -0.2) is 45.7 Å². The molecule has 0 spiro atoms. The first-order valence-corrected chi connectivity index (χ1v) is 7.61. The number of fused-ring (bicyclic) bond motifs is 3. The SMILES string of the molecule is NC(O)(C(=O)O)C(O)C(=O)OCC1c2ccccc2-c2ccccc21. The van der Waals surface area contributed by atoms with E-state index in [9.17, 15) is 19.8 Å². The molecule has 7 heteroatoms. The molecule has 0 bridgehead atoms. The summed E-state index contributed by atoms with van der Waals surface area (Å²) in [5.74, 6) is -3.47. The second-order valence-corrected chi connectivity index (χ2v) is 5.89. The lowest BCUT2D eigenvalue weighted by Crippen LogP contribution is -2.60. The maximum atomic E-state index is 11.9. The van der Waals surface area contributed by atoms with Crippen LogP contribution in [0.3, 0.4) is 0 Å². The highest BCUT2D eigenvalue weighted by Gasteiger charge is 2.45. The van der Waals surface area contributed by atoms with Crippen LogP contribution in [0, 0.1) is 0 Å². The summed E-state index contributed by atoms with van der Waals surface area (Å²) in [6.07, 6.45) is -2.39. The van der Waals surface area contributed by atoms with Gasteiger partial charge in [-0.25, -0.2) is 9.59 Å². The summed E-state index contributed by atoms with van der Waals surface area (Å²) in [4.78, 5) is 22.7. The van der Waals surface area contributed by atoms with Gasteiger partial charge in [-0.15, -0.1) is 0 Å². The van der Waals surface area contributed by atoms with Crippen molar-refractivity contribution in [2.24, 2.45) is 5.73 Å². The standard InChI is InChI=1S/C18H17NO6/c19-18(24,17(22)23)15(20)16(21)25-9-14-12-7-3-1-5-10(12)11-6-2-4-8-13(11)14/h1-8,14-15,20,24H,9,19H2,(H,22,23). The average molecular weight is 343 g/mol. The van der Waals surface area contributed by atoms with E-state index in [-0.39, 0.29) is 12.5 Å². The fourth-order valence-electron chi connectivity index (χ4n) is 2.98. The minimum absolute atomic E-state index is 0.111. The van der Waals surface area contributed by atoms with Gasteiger partial charge in [0.05, 0.1) is 0 Å². The van der Waals surface area contributed by atoms with Crippen LogP contribution in [0.4, 0.5) is 0 Å². The molecule has 0 aromatic heterocycles. The topological polar surface area (TPSA) is 130 Å². The predicted octanol–water partition coefficient (Wildman–Crippen LogP) is 0.435. The van der Waals surface area contributed by atoms with Gasteiger partial charge < -0.3 is 20.1 Å². The van der Waals surface area contributed by atoms with Crippen LogP contribution in [0.2, 0.25) is 0 Å². The van der Waals surface area contributed by atoms with Gasteiger partial charge in [-0.05, 0) is 22.3 Å². The van der Waals surface area contributed by atoms with Gasteiger partial charge in [0.25, 0.3) is 5.72 Å². The predicted molar refractivity (Wildman–Crippen MR) is 87.5 cm³/mol. The number of rotatable bonds is 5. The lowest BCUT2D eigenvalue weighted by Gasteiger charge is -2.23. The number of hydrogen-bond acceptors (Lipinski definition) is 6. The maximum Gasteiger partial charge on any atom is 0.354 e. The molecule has 1 aliphatic carbocycles. The number of carbonyl (C=O) groups excluding carboxylic acids is 1. The molecule has 2 unspecified atom stereocenters. The first kappa shape index (κ1) is 17.1. The van der Waals surface area contributed by atoms with E-state index < -0.39 is 23.8 Å². The number of carboxylic acid groups (broad SMARTS) is 1. The third kappa shape index (κ3) is 2.89. The Labute approximate surface area is 143 Å². The first-order valence-electron chi connectivity index (χ1n) is 7.61. The zero-order valence-corrected chi connectivity index (χ0v) is 13.1. The third-order valence-corrected chi connectivity index (χ3v) is 4.34. The molecule has 7 nitrogen and oxygen atoms in total. The Balaban J connectivity index is 1.80. The highest BCUT2D eigenvalue weighted by atomic mass is 16.6. The number of aliphatic carboxylic acids is 1. The second-order valence-electron chi connectivity index (χ2n) is 5.89. The Kier molecular flexibility index (Phi) is 4.30. The molecule has 0 aliphatic heterocycles. The average Bonchev–Trinajstić information content (AvgIpc) is 2.93. The zero-order valence-electron chi connectivity index (χ0n) is 13.1. The largest absolute Gasteiger partial charge is 0.478 e. The Morgan fingerprint density at radius 1 is 1.08 bits per heavy atom. The van der Waals surface area contributed by atoms with Gasteiger partial charge in [-0.3, -0.25) is 5.73 Å². The monoisotopic (exact) mass is 343 g/mol. The van der Waals surface area contributed by atoms with E-state index in [2.05, 4.69) is 0 Å². The van der Waals surface area contributed by atoms with Crippen molar-refractivity contribution in [1.82, 2.24) is 0 Å². The number of esters is 1. The summed E-state index contributed by atoms with van der Waals surface area (Å²) >= 11 is 0. The van der Waals surface area contributed by atoms with Crippen molar-refractivity contribution in [1.29, 1.82) is 0 Å². The molecule has 2 atom stereocenters. The van der Waals surface area contributed by atoms with Gasteiger partial charge in [0.2, 0.25) is 6.10 Å². The molecule has 0 saturated carbocycles. The fourth-order valence-corrected chi connectivity index (χ4v) is 2.98. The molecule has 2 aromatic carbocycles. The van der Waals surface area contributed by atoms with Crippen molar-refractivity contribution < 1.29 is 29.6 Å². The van der Waals surface area contributed by atoms with Crippen LogP contribution in [0.1, 0.15) is 17.0 Å². The molecular weight excluding hydrogens is 326 g/mol. The van der Waals surface area contributed by atoms with Crippen LogP contribution in [0.5, 0.6) is 0 Å². The molecule has 2 aromatic rings. The second kappa shape index (κ2) is 6.29. The van der Waals surface area contributed by atoms with Crippen molar-refractivity contribution in [3.05, 3.63) is 59.7 Å². The van der Waals surface area contributed by atoms with Crippen molar-refractivity contribution in [3.63, 3.8) is 0 Å². The number of aliphatic hydroxyl groups is 2. The Hall–Kier alpha value is -2.74. The maximum absolute atomic E-state index is 11.9. The van der Waals surface area contributed by atoms with Gasteiger partial charge in [0, 0.05) is 5.92 Å². The molecule has 1 aliphatic rings. The molecule has 0 radical (unpaired) electrons. The van der Waals surface area contributed by atoms with Crippen molar-refractivity contribution in [2.45, 2.75) is 17.7 Å². The number of aliphatic hydroxyl groups excluding tert-OH is 1. The van der Waals surface area contributed by atoms with Crippen molar-refractivity contribution in [2.75, 3.05) is 6.61 Å². The van der Waals surface area contributed by atoms with E-state index in [1.165, 1.54) is 0 Å². The molecule has 130 valence electrons. The lowest BCUT2D eigenvalue weighted by molar-refractivity contribution is -0.185. The molecule has 5 N–H and O–H groups in total. The van der Waals surface area contributed by atoms with Crippen molar-refractivity contribution >= 4 is 11.9 Å². The number of benzene rings is 2. The van der Waals surface area contributed by atoms with Gasteiger partial charge >= 0.3 is 11.9 Å². The number of carboxylic acids is 1. The quantitative estimate of drug-likeness (QED) is 0.457. The molecule has 3 rings (SSSR count). The molecule has 0 heterocycles. The van der Waals surface area contributed by atoms with E-state index in [1.807, 2.05) is 48.5 Å². The lowest BCUT2D eigenvalue weighted by atomic mass is 9.98. The highest BCUT2D eigenvalue weighted by molar-refractivity contribution is 5.87. The summed E-state index contributed by atoms with van der Waals surface area (Å²) in [6.45, 7) is -0.111. The molecule has 0 saturated heterocycles. The van der Waals surface area contributed by atoms with E-state index in [4.69, 9.17) is 15.6 Å². The zero-order chi connectivity index (χ0) is 18.2. The Bertz CT molecular complexity index is 786. The summed E-state index contributed by atoms with van der Waals surface area (Å²) in [5.41, 5.74) is 5.92. The number of carbonyl (C=O) groups is 2. The molecule has 0 amide bonds. The van der Waals surface area contributed by atoms with Crippen LogP contribution in [0.25, 0.3) is 11.1 Å². The molecular formula is C18H17NO6. The van der Waals surface area contributed by atoms with Crippen LogP contribution in [-0.2, 0) is 14.3 Å². The van der Waals surface area contributed by atoms with E-state index in [0.717, 1.165) is 22.3 Å². The summed E-state index contributed by atoms with van der Waals surface area (Å²) < 4.78 is 5.05. The fraction of sp³-hybridized carbons (Fsp3) is 0.222. The molecule has 0 fully saturated rings. The minimum Gasteiger partial charge on any atom is -0.478 e. The third-order valence-electron chi connectivity index (χ3n) is 4.34. The highest BCUT2D eigenvalue weighted by Crippen LogP contribution is 2.44. The normalized spacial score (nSPS) is 16.4. The van der Waals surface area contributed by atoms with Crippen LogP contribution >= 0.6 is 0 Å². The number of ether oxygens (including phenoxy) is 1. The van der Waals surface area contributed by atoms with Gasteiger partial charge in [0.15, 0.2) is 0 Å². The summed E-state index contributed by atoms with van der Waals surface area (Å²) in [5, 5.41) is 27.9. The van der Waals surface area contributed by atoms with Gasteiger partial charge in [-0.2, -0.15) is 0 Å². The Morgan fingerprint density at radius 3 is 2.04 bits per heavy atom.